The second-order valence-corrected chi connectivity index (χ2v) is 5.97. The van der Waals surface area contributed by atoms with Gasteiger partial charge < -0.3 is 15.5 Å². The molecule has 0 amide bonds. The topological polar surface area (TPSA) is 38.2 Å². The van der Waals surface area contributed by atoms with Crippen LogP contribution in [-0.4, -0.2) is 17.0 Å². The van der Waals surface area contributed by atoms with E-state index in [2.05, 4.69) is 10.6 Å². The maximum Gasteiger partial charge on any atom is 0.416 e. The molecule has 26 heavy (non-hydrogen) atoms. The number of anilines is 1. The van der Waals surface area contributed by atoms with Crippen LogP contribution in [0.1, 0.15) is 11.1 Å². The minimum absolute atomic E-state index is 0.319. The lowest BCUT2D eigenvalue weighted by Crippen LogP contribution is -2.27. The molecule has 0 unspecified atom stereocenters. The molecule has 0 spiro atoms. The van der Waals surface area contributed by atoms with Crippen molar-refractivity contribution < 1.29 is 18.0 Å². The van der Waals surface area contributed by atoms with Crippen molar-refractivity contribution in [1.29, 1.82) is 0 Å². The van der Waals surface area contributed by atoms with Gasteiger partial charge in [-0.25, -0.2) is 0 Å². The van der Waals surface area contributed by atoms with Crippen LogP contribution >= 0.6 is 12.2 Å². The number of halogens is 3. The maximum absolute atomic E-state index is 12.6. The van der Waals surface area contributed by atoms with Gasteiger partial charge in [-0.05, 0) is 42.5 Å². The minimum Gasteiger partial charge on any atom is -0.417 e. The fourth-order valence-electron chi connectivity index (χ4n) is 2.60. The Bertz CT molecular complexity index is 920. The molecule has 0 saturated carbocycles. The molecule has 0 bridgehead atoms. The van der Waals surface area contributed by atoms with E-state index in [0.29, 0.717) is 17.3 Å². The van der Waals surface area contributed by atoms with Gasteiger partial charge in [0.2, 0.25) is 0 Å². The second kappa shape index (κ2) is 7.25. The van der Waals surface area contributed by atoms with Crippen molar-refractivity contribution in [3.8, 4) is 0 Å². The van der Waals surface area contributed by atoms with Gasteiger partial charge in [0.05, 0.1) is 11.1 Å². The van der Waals surface area contributed by atoms with Crippen molar-refractivity contribution in [2.24, 2.45) is 0 Å². The fourth-order valence-corrected chi connectivity index (χ4v) is 2.79. The lowest BCUT2D eigenvalue weighted by molar-refractivity contribution is -0.137. The molecule has 0 fully saturated rings. The number of thiocarbonyl (C=S) groups is 1. The van der Waals surface area contributed by atoms with Crippen LogP contribution in [0, 0.1) is 0 Å². The predicted octanol–water partition coefficient (Wildman–Crippen LogP) is 4.21. The Balaban J connectivity index is 1.64. The zero-order chi connectivity index (χ0) is 18.7. The van der Waals surface area contributed by atoms with E-state index in [1.807, 2.05) is 30.5 Å². The third-order valence-electron chi connectivity index (χ3n) is 3.87. The van der Waals surface area contributed by atoms with Crippen LogP contribution in [0.5, 0.6) is 0 Å². The molecule has 136 valence electrons. The molecule has 3 rings (SSSR count). The molecule has 0 aliphatic rings. The molecule has 0 radical (unpaired) electrons. The Kier molecular flexibility index (Phi) is 5.03. The molecule has 0 atom stereocenters. The highest BCUT2D eigenvalue weighted by molar-refractivity contribution is 7.80. The largest absolute Gasteiger partial charge is 0.417 e. The van der Waals surface area contributed by atoms with Gasteiger partial charge in [0.25, 0.3) is 0 Å². The first-order valence-corrected chi connectivity index (χ1v) is 8.15. The zero-order valence-electron chi connectivity index (χ0n) is 13.8. The third-order valence-corrected chi connectivity index (χ3v) is 4.11. The smallest absolute Gasteiger partial charge is 0.416 e. The fraction of sp³-hybridized carbons (Fsp3) is 0.167. The summed E-state index contributed by atoms with van der Waals surface area (Å²) in [7, 11) is 1.58. The van der Waals surface area contributed by atoms with Crippen molar-refractivity contribution in [3.63, 3.8) is 0 Å². The molecule has 3 aromatic rings. The van der Waals surface area contributed by atoms with Gasteiger partial charge >= 0.3 is 6.18 Å². The third kappa shape index (κ3) is 3.91. The van der Waals surface area contributed by atoms with Crippen LogP contribution in [0.4, 0.5) is 18.9 Å². The standard InChI is InChI=1S/C18H16F3N3OS/c1-25-24-11-12(15-4-2-3-5-16(15)24)10-22-17(26)23-14-8-6-13(7-9-14)18(19,20)21/h2-9,11H,10H2,1H3,(H2,22,23,26). The number of hydrogen-bond donors (Lipinski definition) is 2. The highest BCUT2D eigenvalue weighted by atomic mass is 32.1. The minimum atomic E-state index is -4.35. The molecule has 2 aromatic carbocycles. The van der Waals surface area contributed by atoms with E-state index in [9.17, 15) is 13.2 Å². The van der Waals surface area contributed by atoms with E-state index in [-0.39, 0.29) is 0 Å². The number of aromatic nitrogens is 1. The van der Waals surface area contributed by atoms with E-state index in [1.165, 1.54) is 12.1 Å². The summed E-state index contributed by atoms with van der Waals surface area (Å²) in [6, 6.07) is 12.5. The zero-order valence-corrected chi connectivity index (χ0v) is 14.6. The normalized spacial score (nSPS) is 11.4. The highest BCUT2D eigenvalue weighted by Crippen LogP contribution is 2.29. The van der Waals surface area contributed by atoms with E-state index in [4.69, 9.17) is 17.1 Å². The number of hydrogen-bond acceptors (Lipinski definition) is 2. The molecule has 1 aromatic heterocycles. The number of alkyl halides is 3. The summed E-state index contributed by atoms with van der Waals surface area (Å²) in [4.78, 5) is 5.30. The van der Waals surface area contributed by atoms with Crippen LogP contribution < -0.4 is 15.5 Å². The number of para-hydroxylation sites is 1. The number of nitrogens with one attached hydrogen (secondary N) is 2. The lowest BCUT2D eigenvalue weighted by Gasteiger charge is -2.11. The Hall–Kier alpha value is -2.74. The molecule has 1 heterocycles. The molecule has 0 saturated heterocycles. The number of benzene rings is 2. The summed E-state index contributed by atoms with van der Waals surface area (Å²) >= 11 is 5.22. The first-order valence-electron chi connectivity index (χ1n) is 7.74. The van der Waals surface area contributed by atoms with Gasteiger partial charge in [-0.15, -0.1) is 0 Å². The Morgan fingerprint density at radius 2 is 1.81 bits per heavy atom. The Labute approximate surface area is 153 Å². The molecule has 8 heteroatoms. The Morgan fingerprint density at radius 3 is 2.46 bits per heavy atom. The molecular weight excluding hydrogens is 363 g/mol. The summed E-state index contributed by atoms with van der Waals surface area (Å²) in [6.07, 6.45) is -2.49. The van der Waals surface area contributed by atoms with Gasteiger partial charge in [0, 0.05) is 29.4 Å². The number of nitrogens with zero attached hydrogens (tertiary/aromatic N) is 1. The monoisotopic (exact) mass is 379 g/mol. The summed E-state index contributed by atoms with van der Waals surface area (Å²) in [6.45, 7) is 0.448. The first-order chi connectivity index (χ1) is 12.4. The highest BCUT2D eigenvalue weighted by Gasteiger charge is 2.29. The van der Waals surface area contributed by atoms with Crippen molar-refractivity contribution in [1.82, 2.24) is 10.0 Å². The molecule has 2 N–H and O–H groups in total. The van der Waals surface area contributed by atoms with E-state index in [1.54, 1.807) is 11.8 Å². The first kappa shape index (κ1) is 18.1. The number of rotatable bonds is 4. The van der Waals surface area contributed by atoms with Crippen LogP contribution in [0.3, 0.4) is 0 Å². The van der Waals surface area contributed by atoms with Gasteiger partial charge in [-0.1, -0.05) is 18.2 Å². The van der Waals surface area contributed by atoms with Crippen molar-refractivity contribution in [2.75, 3.05) is 12.4 Å². The van der Waals surface area contributed by atoms with Gasteiger partial charge in [0.15, 0.2) is 5.11 Å². The van der Waals surface area contributed by atoms with Crippen LogP contribution in [0.2, 0.25) is 0 Å². The van der Waals surface area contributed by atoms with Gasteiger partial charge in [0.1, 0.15) is 7.11 Å². The number of fused-ring (bicyclic) bond motifs is 1. The SMILES string of the molecule is COn1cc(CNC(=S)Nc2ccc(C(F)(F)F)cc2)c2ccccc21. The molecular formula is C18H16F3N3OS. The molecule has 4 nitrogen and oxygen atoms in total. The second-order valence-electron chi connectivity index (χ2n) is 5.56. The predicted molar refractivity (Wildman–Crippen MR) is 98.9 cm³/mol. The maximum atomic E-state index is 12.6. The quantitative estimate of drug-likeness (QED) is 0.667. The summed E-state index contributed by atoms with van der Waals surface area (Å²) < 4.78 is 39.4. The van der Waals surface area contributed by atoms with E-state index in [0.717, 1.165) is 28.6 Å². The summed E-state index contributed by atoms with van der Waals surface area (Å²) in [5.74, 6) is 0. The summed E-state index contributed by atoms with van der Waals surface area (Å²) in [5.41, 5.74) is 1.71. The van der Waals surface area contributed by atoms with Crippen molar-refractivity contribution >= 4 is 33.9 Å². The van der Waals surface area contributed by atoms with Gasteiger partial charge in [-0.3, -0.25) is 0 Å². The lowest BCUT2D eigenvalue weighted by atomic mass is 10.2. The van der Waals surface area contributed by atoms with Crippen LogP contribution in [0.15, 0.2) is 54.7 Å². The summed E-state index contributed by atoms with van der Waals surface area (Å²) in [5, 5.41) is 7.27. The van der Waals surface area contributed by atoms with E-state index >= 15 is 0 Å². The average molecular weight is 379 g/mol. The van der Waals surface area contributed by atoms with E-state index < -0.39 is 11.7 Å². The van der Waals surface area contributed by atoms with Crippen molar-refractivity contribution in [3.05, 3.63) is 65.9 Å². The molecule has 0 aliphatic heterocycles. The van der Waals surface area contributed by atoms with Crippen LogP contribution in [-0.2, 0) is 12.7 Å². The Morgan fingerprint density at radius 1 is 1.12 bits per heavy atom. The van der Waals surface area contributed by atoms with Crippen LogP contribution in [0.25, 0.3) is 10.9 Å². The van der Waals surface area contributed by atoms with Crippen molar-refractivity contribution in [2.45, 2.75) is 12.7 Å². The average Bonchev–Trinajstić information content (AvgIpc) is 2.98. The van der Waals surface area contributed by atoms with Gasteiger partial charge in [-0.2, -0.15) is 17.9 Å². The molecule has 0 aliphatic carbocycles.